The number of piperidine rings is 1. The van der Waals surface area contributed by atoms with Crippen LogP contribution in [0.25, 0.3) is 0 Å². The van der Waals surface area contributed by atoms with Gasteiger partial charge in [0.15, 0.2) is 0 Å². The van der Waals surface area contributed by atoms with Crippen LogP contribution >= 0.6 is 11.6 Å². The van der Waals surface area contributed by atoms with E-state index in [1.165, 1.54) is 6.92 Å². The van der Waals surface area contributed by atoms with Crippen LogP contribution in [0.5, 0.6) is 0 Å². The van der Waals surface area contributed by atoms with Gasteiger partial charge in [0.05, 0.1) is 41.7 Å². The minimum atomic E-state index is -1.62. The van der Waals surface area contributed by atoms with Gasteiger partial charge in [-0.1, -0.05) is 48.9 Å². The second-order valence-corrected chi connectivity index (χ2v) is 10.5. The Morgan fingerprint density at radius 1 is 1.03 bits per heavy atom. The summed E-state index contributed by atoms with van der Waals surface area (Å²) in [6.07, 6.45) is 0.169. The minimum Gasteiger partial charge on any atom is -0.481 e. The number of amides is 2. The first-order valence-electron chi connectivity index (χ1n) is 12.5. The van der Waals surface area contributed by atoms with Gasteiger partial charge in [-0.25, -0.2) is 0 Å². The number of aliphatic carboxylic acids is 2. The number of hydrogen-bond donors (Lipinski definition) is 3. The molecule has 2 amide bonds. The van der Waals surface area contributed by atoms with Gasteiger partial charge in [0.2, 0.25) is 0 Å². The molecule has 1 saturated heterocycles. The molecule has 10 heteroatoms. The Kier molecular flexibility index (Phi) is 7.65. The molecule has 2 aromatic carbocycles. The van der Waals surface area contributed by atoms with Gasteiger partial charge in [-0.3, -0.25) is 24.1 Å². The van der Waals surface area contributed by atoms with E-state index in [9.17, 15) is 29.4 Å². The molecule has 38 heavy (non-hydrogen) atoms. The van der Waals surface area contributed by atoms with Crippen LogP contribution in [0, 0.1) is 10.8 Å². The Bertz CT molecular complexity index is 1250. The Hall–Kier alpha value is -3.27. The molecule has 5 unspecified atom stereocenters. The van der Waals surface area contributed by atoms with Crippen molar-refractivity contribution < 1.29 is 34.1 Å². The Morgan fingerprint density at radius 3 is 2.13 bits per heavy atom. The molecule has 9 nitrogen and oxygen atoms in total. The third kappa shape index (κ3) is 4.19. The molecule has 0 radical (unpaired) electrons. The molecule has 5 atom stereocenters. The number of nitrogens with one attached hydrogen (secondary N) is 1. The van der Waals surface area contributed by atoms with Gasteiger partial charge in [-0.2, -0.15) is 0 Å². The van der Waals surface area contributed by atoms with E-state index in [-0.39, 0.29) is 26.2 Å². The lowest BCUT2D eigenvalue weighted by Crippen LogP contribution is -2.70. The number of fused-ring (bicyclic) bond motifs is 1. The molecule has 202 valence electrons. The highest BCUT2D eigenvalue weighted by Crippen LogP contribution is 2.58. The summed E-state index contributed by atoms with van der Waals surface area (Å²) < 4.78 is 5.85. The summed E-state index contributed by atoms with van der Waals surface area (Å²) in [5.74, 6) is -4.08. The molecule has 2 aromatic rings. The third-order valence-corrected chi connectivity index (χ3v) is 8.69. The van der Waals surface area contributed by atoms with Crippen LogP contribution in [0.1, 0.15) is 59.4 Å². The zero-order valence-electron chi connectivity index (χ0n) is 21.4. The fourth-order valence-electron chi connectivity index (χ4n) is 6.18. The quantitative estimate of drug-likeness (QED) is 0.323. The third-order valence-electron chi connectivity index (χ3n) is 8.34. The number of hydrogen-bond acceptors (Lipinski definition) is 6. The summed E-state index contributed by atoms with van der Waals surface area (Å²) >= 11 is 6.53. The van der Waals surface area contributed by atoms with Gasteiger partial charge < -0.3 is 20.3 Å². The smallest absolute Gasteiger partial charge is 0.311 e. The number of carbonyl (C=O) groups is 4. The largest absolute Gasteiger partial charge is 0.481 e. The zero-order chi connectivity index (χ0) is 27.8. The summed E-state index contributed by atoms with van der Waals surface area (Å²) in [6.45, 7) is 4.89. The van der Waals surface area contributed by atoms with Crippen molar-refractivity contribution in [3.8, 4) is 0 Å². The van der Waals surface area contributed by atoms with Crippen molar-refractivity contribution in [3.05, 3.63) is 70.2 Å². The maximum atomic E-state index is 12.9. The van der Waals surface area contributed by atoms with E-state index in [0.29, 0.717) is 21.7 Å². The highest BCUT2D eigenvalue weighted by Gasteiger charge is 2.65. The van der Waals surface area contributed by atoms with E-state index in [0.717, 1.165) is 4.90 Å². The van der Waals surface area contributed by atoms with Crippen LogP contribution in [0.15, 0.2) is 48.5 Å². The van der Waals surface area contributed by atoms with E-state index >= 15 is 0 Å². The monoisotopic (exact) mass is 542 g/mol. The fourth-order valence-corrected chi connectivity index (χ4v) is 6.43. The number of benzene rings is 2. The predicted octanol–water partition coefficient (Wildman–Crippen LogP) is 3.67. The first kappa shape index (κ1) is 27.8. The lowest BCUT2D eigenvalue weighted by atomic mass is 9.51. The summed E-state index contributed by atoms with van der Waals surface area (Å²) in [4.78, 5) is 52.1. The fraction of sp³-hybridized carbons (Fsp3) is 0.429. The van der Waals surface area contributed by atoms with Crippen molar-refractivity contribution in [1.29, 1.82) is 0 Å². The summed E-state index contributed by atoms with van der Waals surface area (Å²) in [6, 6.07) is 11.9. The van der Waals surface area contributed by atoms with Crippen molar-refractivity contribution in [2.75, 3.05) is 19.8 Å². The second kappa shape index (κ2) is 10.5. The van der Waals surface area contributed by atoms with E-state index in [4.69, 9.17) is 16.3 Å². The van der Waals surface area contributed by atoms with Gasteiger partial charge in [0, 0.05) is 23.0 Å². The van der Waals surface area contributed by atoms with Crippen LogP contribution in [-0.2, 0) is 14.3 Å². The Morgan fingerprint density at radius 2 is 1.61 bits per heavy atom. The van der Waals surface area contributed by atoms with E-state index in [1.807, 2.05) is 0 Å². The lowest BCUT2D eigenvalue weighted by Gasteiger charge is -2.56. The second-order valence-electron chi connectivity index (χ2n) is 10.1. The van der Waals surface area contributed by atoms with Crippen LogP contribution < -0.4 is 5.32 Å². The maximum absolute atomic E-state index is 12.9. The number of rotatable bonds is 9. The van der Waals surface area contributed by atoms with Crippen LogP contribution in [0.4, 0.5) is 0 Å². The van der Waals surface area contributed by atoms with Crippen LogP contribution in [-0.4, -0.2) is 70.7 Å². The number of ether oxygens (including phenoxy) is 1. The number of carbonyl (C=O) groups excluding carboxylic acids is 2. The van der Waals surface area contributed by atoms with Crippen LogP contribution in [0.2, 0.25) is 5.02 Å². The van der Waals surface area contributed by atoms with Gasteiger partial charge in [-0.05, 0) is 44.0 Å². The number of carboxylic acid groups (broad SMARTS) is 2. The average Bonchev–Trinajstić information content (AvgIpc) is 3.13. The number of carboxylic acids is 2. The normalized spacial score (nSPS) is 28.8. The van der Waals surface area contributed by atoms with E-state index < -0.39 is 52.6 Å². The van der Waals surface area contributed by atoms with Gasteiger partial charge in [0.25, 0.3) is 11.8 Å². The minimum absolute atomic E-state index is 0.000368. The van der Waals surface area contributed by atoms with Gasteiger partial charge >= 0.3 is 11.9 Å². The summed E-state index contributed by atoms with van der Waals surface area (Å²) in [7, 11) is 0. The molecule has 0 aromatic heterocycles. The molecule has 2 aliphatic rings. The number of halogens is 1. The molecule has 1 fully saturated rings. The van der Waals surface area contributed by atoms with Crippen molar-refractivity contribution in [2.45, 2.75) is 45.2 Å². The number of imide groups is 1. The molecule has 2 aliphatic heterocycles. The molecule has 2 heterocycles. The topological polar surface area (TPSA) is 133 Å². The SMILES string of the molecule is CCC1(C(=O)O)C(C)NC(COCCN2C(=O)c3ccccc3C2=O)C(C)(C(=O)O)C1c1ccccc1Cl. The van der Waals surface area contributed by atoms with E-state index in [1.54, 1.807) is 62.4 Å². The van der Waals surface area contributed by atoms with Crippen molar-refractivity contribution in [2.24, 2.45) is 10.8 Å². The average molecular weight is 543 g/mol. The van der Waals surface area contributed by atoms with E-state index in [2.05, 4.69) is 5.32 Å². The molecule has 0 spiro atoms. The van der Waals surface area contributed by atoms with Gasteiger partial charge in [-0.15, -0.1) is 0 Å². The zero-order valence-corrected chi connectivity index (χ0v) is 22.2. The number of nitrogens with zero attached hydrogens (tertiary/aromatic N) is 1. The Balaban J connectivity index is 1.60. The molecule has 4 rings (SSSR count). The van der Waals surface area contributed by atoms with Gasteiger partial charge in [0.1, 0.15) is 0 Å². The highest BCUT2D eigenvalue weighted by atomic mass is 35.5. The molecule has 0 aliphatic carbocycles. The standard InChI is InChI=1S/C28H31ClN2O7/c1-4-28(26(36)37)16(2)30-21(27(3,25(34)35)22(28)19-11-7-8-12-20(19)29)15-38-14-13-31-23(32)17-9-5-6-10-18(17)24(31)33/h5-12,16,21-22,30H,4,13-15H2,1-3H3,(H,34,35)(H,36,37). The van der Waals surface area contributed by atoms with Crippen molar-refractivity contribution in [3.63, 3.8) is 0 Å². The highest BCUT2D eigenvalue weighted by molar-refractivity contribution is 6.31. The molecule has 0 bridgehead atoms. The molecule has 0 saturated carbocycles. The maximum Gasteiger partial charge on any atom is 0.311 e. The first-order chi connectivity index (χ1) is 18.0. The lowest BCUT2D eigenvalue weighted by molar-refractivity contribution is -0.173. The van der Waals surface area contributed by atoms with Crippen molar-refractivity contribution in [1.82, 2.24) is 10.2 Å². The molecular weight excluding hydrogens is 512 g/mol. The summed E-state index contributed by atoms with van der Waals surface area (Å²) in [5.41, 5.74) is -1.96. The predicted molar refractivity (Wildman–Crippen MR) is 139 cm³/mol. The van der Waals surface area contributed by atoms with Crippen LogP contribution in [0.3, 0.4) is 0 Å². The molecule has 3 N–H and O–H groups in total. The summed E-state index contributed by atoms with van der Waals surface area (Å²) in [5, 5.41) is 24.5. The first-order valence-corrected chi connectivity index (χ1v) is 12.9. The Labute approximate surface area is 225 Å². The van der Waals surface area contributed by atoms with Crippen molar-refractivity contribution >= 4 is 35.4 Å². The molecular formula is C28H31ClN2O7.